The number of hydrogen-bond acceptors (Lipinski definition) is 3. The van der Waals surface area contributed by atoms with Gasteiger partial charge in [-0.05, 0) is 51.8 Å². The van der Waals surface area contributed by atoms with E-state index in [4.69, 9.17) is 11.6 Å². The molecule has 2 amide bonds. The van der Waals surface area contributed by atoms with Gasteiger partial charge in [-0.1, -0.05) is 0 Å². The summed E-state index contributed by atoms with van der Waals surface area (Å²) in [6, 6.07) is 5.49. The molecule has 0 aromatic heterocycles. The predicted molar refractivity (Wildman–Crippen MR) is 94.4 cm³/mol. The minimum Gasteiger partial charge on any atom is -0.371 e. The van der Waals surface area contributed by atoms with Crippen molar-refractivity contribution in [2.45, 2.75) is 45.0 Å². The van der Waals surface area contributed by atoms with Crippen LogP contribution in [-0.4, -0.2) is 36.3 Å². The fourth-order valence-corrected chi connectivity index (χ4v) is 2.67. The Hall–Kier alpha value is -1.75. The molecule has 1 atom stereocenters. The molecular weight excluding hydrogens is 314 g/mol. The summed E-state index contributed by atoms with van der Waals surface area (Å²) in [5, 5.41) is 5.04. The van der Waals surface area contributed by atoms with E-state index < -0.39 is 5.38 Å². The third-order valence-corrected chi connectivity index (χ3v) is 3.93. The van der Waals surface area contributed by atoms with Crippen LogP contribution in [0.15, 0.2) is 18.2 Å². The number of alkyl halides is 1. The van der Waals surface area contributed by atoms with Crippen LogP contribution in [0.5, 0.6) is 0 Å². The number of hydrogen-bond donors (Lipinski definition) is 2. The minimum atomic E-state index is -0.624. The second kappa shape index (κ2) is 7.68. The van der Waals surface area contributed by atoms with Gasteiger partial charge in [0.2, 0.25) is 5.91 Å². The third-order valence-electron chi connectivity index (χ3n) is 3.74. The van der Waals surface area contributed by atoms with Crippen LogP contribution in [0.1, 0.15) is 44.0 Å². The molecule has 126 valence electrons. The second-order valence-corrected chi connectivity index (χ2v) is 6.81. The van der Waals surface area contributed by atoms with Gasteiger partial charge in [0.05, 0.1) is 5.56 Å². The maximum absolute atomic E-state index is 12.5. The molecule has 1 saturated heterocycles. The Balaban J connectivity index is 2.31. The lowest BCUT2D eigenvalue weighted by molar-refractivity contribution is -0.115. The van der Waals surface area contributed by atoms with Crippen LogP contribution in [0.3, 0.4) is 0 Å². The van der Waals surface area contributed by atoms with Gasteiger partial charge in [-0.3, -0.25) is 9.59 Å². The van der Waals surface area contributed by atoms with Crippen molar-refractivity contribution in [2.75, 3.05) is 23.3 Å². The average Bonchev–Trinajstić information content (AvgIpc) is 3.00. The third kappa shape index (κ3) is 4.61. The van der Waals surface area contributed by atoms with Crippen molar-refractivity contribution >= 4 is 34.8 Å². The van der Waals surface area contributed by atoms with E-state index in [0.29, 0.717) is 11.3 Å². The molecule has 2 N–H and O–H groups in total. The van der Waals surface area contributed by atoms with Crippen molar-refractivity contribution in [3.63, 3.8) is 0 Å². The highest BCUT2D eigenvalue weighted by Crippen LogP contribution is 2.27. The lowest BCUT2D eigenvalue weighted by Gasteiger charge is -2.22. The monoisotopic (exact) mass is 337 g/mol. The second-order valence-electron chi connectivity index (χ2n) is 6.16. The number of nitrogens with one attached hydrogen (secondary N) is 2. The van der Waals surface area contributed by atoms with Gasteiger partial charge >= 0.3 is 0 Å². The number of amides is 2. The number of benzene rings is 1. The molecule has 1 aliphatic heterocycles. The molecule has 6 heteroatoms. The zero-order valence-corrected chi connectivity index (χ0v) is 14.6. The summed E-state index contributed by atoms with van der Waals surface area (Å²) in [6.07, 6.45) is 2.26. The number of anilines is 2. The van der Waals surface area contributed by atoms with Crippen molar-refractivity contribution in [1.82, 2.24) is 5.32 Å². The summed E-state index contributed by atoms with van der Waals surface area (Å²) in [7, 11) is 0. The molecule has 1 aromatic carbocycles. The predicted octanol–water partition coefficient (Wildman–Crippen LogP) is 2.99. The SMILES string of the molecule is CC(C)NC(=O)c1cc(NC(=O)C(C)Cl)ccc1N1CCCC1. The van der Waals surface area contributed by atoms with Crippen LogP contribution in [0.2, 0.25) is 0 Å². The van der Waals surface area contributed by atoms with E-state index in [9.17, 15) is 9.59 Å². The minimum absolute atomic E-state index is 0.0510. The fourth-order valence-electron chi connectivity index (χ4n) is 2.61. The van der Waals surface area contributed by atoms with Crippen LogP contribution in [0, 0.1) is 0 Å². The standard InChI is InChI=1S/C17H24ClN3O2/c1-11(2)19-17(23)14-10-13(20-16(22)12(3)18)6-7-15(14)21-8-4-5-9-21/h6-7,10-12H,4-5,8-9H2,1-3H3,(H,19,23)(H,20,22). The quantitative estimate of drug-likeness (QED) is 0.812. The van der Waals surface area contributed by atoms with E-state index in [1.54, 1.807) is 13.0 Å². The van der Waals surface area contributed by atoms with E-state index in [0.717, 1.165) is 31.6 Å². The summed E-state index contributed by atoms with van der Waals surface area (Å²) in [4.78, 5) is 26.5. The van der Waals surface area contributed by atoms with Crippen LogP contribution >= 0.6 is 11.6 Å². The smallest absolute Gasteiger partial charge is 0.253 e. The lowest BCUT2D eigenvalue weighted by Crippen LogP contribution is -2.32. The Bertz CT molecular complexity index is 581. The summed E-state index contributed by atoms with van der Waals surface area (Å²) < 4.78 is 0. The van der Waals surface area contributed by atoms with Gasteiger partial charge in [0, 0.05) is 30.5 Å². The number of rotatable bonds is 5. The first-order valence-corrected chi connectivity index (χ1v) is 8.47. The van der Waals surface area contributed by atoms with Gasteiger partial charge in [-0.15, -0.1) is 11.6 Å². The average molecular weight is 338 g/mol. The molecule has 0 spiro atoms. The van der Waals surface area contributed by atoms with Crippen molar-refractivity contribution in [2.24, 2.45) is 0 Å². The zero-order valence-electron chi connectivity index (χ0n) is 13.9. The van der Waals surface area contributed by atoms with Crippen LogP contribution < -0.4 is 15.5 Å². The first-order chi connectivity index (χ1) is 10.9. The van der Waals surface area contributed by atoms with E-state index >= 15 is 0 Å². The Morgan fingerprint density at radius 3 is 2.39 bits per heavy atom. The van der Waals surface area contributed by atoms with Crippen LogP contribution in [0.25, 0.3) is 0 Å². The zero-order chi connectivity index (χ0) is 17.0. The Labute approximate surface area is 142 Å². The maximum atomic E-state index is 12.5. The Kier molecular flexibility index (Phi) is 5.88. The lowest BCUT2D eigenvalue weighted by atomic mass is 10.1. The van der Waals surface area contributed by atoms with Crippen LogP contribution in [-0.2, 0) is 4.79 Å². The van der Waals surface area contributed by atoms with Gasteiger partial charge in [0.1, 0.15) is 5.38 Å². The van der Waals surface area contributed by atoms with E-state index in [-0.39, 0.29) is 17.9 Å². The van der Waals surface area contributed by atoms with Crippen molar-refractivity contribution in [3.05, 3.63) is 23.8 Å². The normalized spacial score (nSPS) is 15.6. The summed E-state index contributed by atoms with van der Waals surface area (Å²) in [5.41, 5.74) is 2.08. The first kappa shape index (κ1) is 17.6. The topological polar surface area (TPSA) is 61.4 Å². The molecule has 0 radical (unpaired) electrons. The largest absolute Gasteiger partial charge is 0.371 e. The first-order valence-electron chi connectivity index (χ1n) is 8.03. The molecule has 5 nitrogen and oxygen atoms in total. The number of carbonyl (C=O) groups is 2. The highest BCUT2D eigenvalue weighted by atomic mass is 35.5. The summed E-state index contributed by atoms with van der Waals surface area (Å²) in [5.74, 6) is -0.410. The summed E-state index contributed by atoms with van der Waals surface area (Å²) >= 11 is 5.78. The fraction of sp³-hybridized carbons (Fsp3) is 0.529. The molecule has 0 saturated carbocycles. The molecule has 1 heterocycles. The number of carbonyl (C=O) groups excluding carboxylic acids is 2. The number of halogens is 1. The van der Waals surface area contributed by atoms with E-state index in [1.807, 2.05) is 26.0 Å². The van der Waals surface area contributed by atoms with Crippen molar-refractivity contribution < 1.29 is 9.59 Å². The van der Waals surface area contributed by atoms with Crippen molar-refractivity contribution in [1.29, 1.82) is 0 Å². The molecule has 1 aromatic rings. The Morgan fingerprint density at radius 2 is 1.83 bits per heavy atom. The molecule has 2 rings (SSSR count). The molecular formula is C17H24ClN3O2. The molecule has 1 aliphatic rings. The number of nitrogens with zero attached hydrogens (tertiary/aromatic N) is 1. The maximum Gasteiger partial charge on any atom is 0.253 e. The summed E-state index contributed by atoms with van der Waals surface area (Å²) in [6.45, 7) is 7.36. The van der Waals surface area contributed by atoms with Gasteiger partial charge < -0.3 is 15.5 Å². The molecule has 1 fully saturated rings. The van der Waals surface area contributed by atoms with E-state index in [1.165, 1.54) is 0 Å². The molecule has 23 heavy (non-hydrogen) atoms. The Morgan fingerprint density at radius 1 is 1.17 bits per heavy atom. The highest BCUT2D eigenvalue weighted by Gasteiger charge is 2.21. The van der Waals surface area contributed by atoms with Crippen molar-refractivity contribution in [3.8, 4) is 0 Å². The van der Waals surface area contributed by atoms with Gasteiger partial charge in [0.15, 0.2) is 0 Å². The molecule has 1 unspecified atom stereocenters. The van der Waals surface area contributed by atoms with Gasteiger partial charge in [0.25, 0.3) is 5.91 Å². The van der Waals surface area contributed by atoms with Gasteiger partial charge in [-0.2, -0.15) is 0 Å². The van der Waals surface area contributed by atoms with Crippen LogP contribution in [0.4, 0.5) is 11.4 Å². The molecule has 0 bridgehead atoms. The molecule has 0 aliphatic carbocycles. The van der Waals surface area contributed by atoms with Gasteiger partial charge in [-0.25, -0.2) is 0 Å². The van der Waals surface area contributed by atoms with E-state index in [2.05, 4.69) is 15.5 Å². The highest BCUT2D eigenvalue weighted by molar-refractivity contribution is 6.32.